The zero-order chi connectivity index (χ0) is 25.2. The summed E-state index contributed by atoms with van der Waals surface area (Å²) in [6.45, 7) is 1.67. The van der Waals surface area contributed by atoms with Crippen molar-refractivity contribution in [2.45, 2.75) is 6.92 Å². The van der Waals surface area contributed by atoms with Crippen LogP contribution in [-0.2, 0) is 4.79 Å². The van der Waals surface area contributed by atoms with Crippen LogP contribution in [0.3, 0.4) is 0 Å². The Morgan fingerprint density at radius 1 is 0.886 bits per heavy atom. The van der Waals surface area contributed by atoms with E-state index in [1.165, 1.54) is 26.5 Å². The first-order valence-electron chi connectivity index (χ1n) is 10.6. The number of hydrogen-bond donors (Lipinski definition) is 2. The molecule has 0 bridgehead atoms. The lowest BCUT2D eigenvalue weighted by atomic mass is 10.1. The van der Waals surface area contributed by atoms with E-state index in [0.29, 0.717) is 33.9 Å². The van der Waals surface area contributed by atoms with E-state index >= 15 is 0 Å². The van der Waals surface area contributed by atoms with Gasteiger partial charge in [0.05, 0.1) is 32.5 Å². The average molecular weight is 476 g/mol. The molecule has 0 aromatic heterocycles. The highest BCUT2D eigenvalue weighted by molar-refractivity contribution is 5.96. The number of amides is 2. The number of carbonyl (C=O) groups excluding carboxylic acids is 3. The molecule has 9 nitrogen and oxygen atoms in total. The zero-order valence-electron chi connectivity index (χ0n) is 19.5. The predicted molar refractivity (Wildman–Crippen MR) is 130 cm³/mol. The molecule has 0 radical (unpaired) electrons. The van der Waals surface area contributed by atoms with Crippen molar-refractivity contribution in [3.8, 4) is 17.2 Å². The van der Waals surface area contributed by atoms with Crippen LogP contribution in [0.1, 0.15) is 31.8 Å². The van der Waals surface area contributed by atoms with Crippen molar-refractivity contribution >= 4 is 24.0 Å². The lowest BCUT2D eigenvalue weighted by Crippen LogP contribution is -2.34. The average Bonchev–Trinajstić information content (AvgIpc) is 2.87. The van der Waals surface area contributed by atoms with Crippen LogP contribution in [0.15, 0.2) is 71.8 Å². The van der Waals surface area contributed by atoms with E-state index in [9.17, 15) is 14.4 Å². The van der Waals surface area contributed by atoms with Gasteiger partial charge in [0.2, 0.25) is 0 Å². The highest BCUT2D eigenvalue weighted by Crippen LogP contribution is 2.28. The lowest BCUT2D eigenvalue weighted by molar-refractivity contribution is -0.120. The maximum atomic E-state index is 12.4. The molecule has 9 heteroatoms. The summed E-state index contributed by atoms with van der Waals surface area (Å²) in [5.41, 5.74) is 4.76. The Balaban J connectivity index is 1.48. The molecule has 0 fully saturated rings. The molecule has 180 valence electrons. The van der Waals surface area contributed by atoms with Crippen molar-refractivity contribution in [1.82, 2.24) is 10.7 Å². The molecule has 3 aromatic rings. The summed E-state index contributed by atoms with van der Waals surface area (Å²) in [6, 6.07) is 18.4. The van der Waals surface area contributed by atoms with Gasteiger partial charge in [-0.15, -0.1) is 0 Å². The van der Waals surface area contributed by atoms with E-state index in [2.05, 4.69) is 15.8 Å². The molecular formula is C26H25N3O6. The zero-order valence-corrected chi connectivity index (χ0v) is 19.5. The van der Waals surface area contributed by atoms with E-state index in [0.717, 1.165) is 5.56 Å². The number of nitrogens with one attached hydrogen (secondary N) is 2. The highest BCUT2D eigenvalue weighted by Gasteiger charge is 2.13. The molecule has 2 N–H and O–H groups in total. The first kappa shape index (κ1) is 25.0. The molecule has 0 aliphatic rings. The van der Waals surface area contributed by atoms with Gasteiger partial charge < -0.3 is 19.5 Å². The Bertz CT molecular complexity index is 1240. The fraction of sp³-hybridized carbons (Fsp3) is 0.154. The first-order chi connectivity index (χ1) is 16.9. The number of carbonyl (C=O) groups is 3. The van der Waals surface area contributed by atoms with Gasteiger partial charge in [-0.25, -0.2) is 10.2 Å². The summed E-state index contributed by atoms with van der Waals surface area (Å²) >= 11 is 0. The van der Waals surface area contributed by atoms with Crippen LogP contribution in [0.2, 0.25) is 0 Å². The van der Waals surface area contributed by atoms with Crippen LogP contribution < -0.4 is 25.0 Å². The third-order valence-electron chi connectivity index (χ3n) is 4.80. The fourth-order valence-electron chi connectivity index (χ4n) is 3.02. The van der Waals surface area contributed by atoms with Crippen molar-refractivity contribution in [3.05, 3.63) is 89.0 Å². The smallest absolute Gasteiger partial charge is 0.343 e. The standard InChI is InChI=1S/C26H25N3O6/c1-17-5-4-6-19(13-17)25(31)27-16-24(30)29-28-15-18-7-10-21(11-8-18)35-26(32)20-9-12-22(33-2)23(14-20)34-3/h4-15H,16H2,1-3H3,(H,27,31)(H,29,30). The minimum absolute atomic E-state index is 0.213. The van der Waals surface area contributed by atoms with Crippen LogP contribution in [0, 0.1) is 6.92 Å². The molecule has 0 aliphatic carbocycles. The number of esters is 1. The van der Waals surface area contributed by atoms with Crippen LogP contribution in [0.4, 0.5) is 0 Å². The largest absolute Gasteiger partial charge is 0.493 e. The summed E-state index contributed by atoms with van der Waals surface area (Å²) in [7, 11) is 2.99. The molecule has 0 unspecified atom stereocenters. The number of methoxy groups -OCH3 is 2. The summed E-state index contributed by atoms with van der Waals surface area (Å²) < 4.78 is 15.7. The van der Waals surface area contributed by atoms with Gasteiger partial charge in [0.1, 0.15) is 5.75 Å². The van der Waals surface area contributed by atoms with Gasteiger partial charge in [-0.2, -0.15) is 5.10 Å². The van der Waals surface area contributed by atoms with Gasteiger partial charge in [-0.05, 0) is 67.1 Å². The van der Waals surface area contributed by atoms with Crippen molar-refractivity contribution in [1.29, 1.82) is 0 Å². The molecule has 0 atom stereocenters. The SMILES string of the molecule is COc1ccc(C(=O)Oc2ccc(C=NNC(=O)CNC(=O)c3cccc(C)c3)cc2)cc1OC. The van der Waals surface area contributed by atoms with E-state index in [1.807, 2.05) is 13.0 Å². The molecule has 0 saturated heterocycles. The van der Waals surface area contributed by atoms with Crippen LogP contribution in [0.25, 0.3) is 0 Å². The van der Waals surface area contributed by atoms with Crippen LogP contribution in [0.5, 0.6) is 17.2 Å². The highest BCUT2D eigenvalue weighted by atomic mass is 16.5. The predicted octanol–water partition coefficient (Wildman–Crippen LogP) is 3.11. The normalized spacial score (nSPS) is 10.5. The van der Waals surface area contributed by atoms with Crippen molar-refractivity contribution in [3.63, 3.8) is 0 Å². The second-order valence-electron chi connectivity index (χ2n) is 7.37. The lowest BCUT2D eigenvalue weighted by Gasteiger charge is -2.09. The van der Waals surface area contributed by atoms with Crippen molar-refractivity contribution in [2.24, 2.45) is 5.10 Å². The number of benzene rings is 3. The minimum Gasteiger partial charge on any atom is -0.493 e. The number of nitrogens with zero attached hydrogens (tertiary/aromatic N) is 1. The third-order valence-corrected chi connectivity index (χ3v) is 4.80. The second-order valence-corrected chi connectivity index (χ2v) is 7.37. The topological polar surface area (TPSA) is 115 Å². The van der Waals surface area contributed by atoms with Gasteiger partial charge >= 0.3 is 5.97 Å². The molecule has 0 aliphatic heterocycles. The van der Waals surface area contributed by atoms with Crippen LogP contribution in [-0.4, -0.2) is 44.8 Å². The Kier molecular flexibility index (Phi) is 8.55. The monoisotopic (exact) mass is 475 g/mol. The Hall–Kier alpha value is -4.66. The molecule has 3 rings (SSSR count). The molecule has 2 amide bonds. The third kappa shape index (κ3) is 7.16. The van der Waals surface area contributed by atoms with Crippen LogP contribution >= 0.6 is 0 Å². The summed E-state index contributed by atoms with van der Waals surface area (Å²) in [5.74, 6) is -0.0929. The summed E-state index contributed by atoms with van der Waals surface area (Å²) in [6.07, 6.45) is 1.43. The fourth-order valence-corrected chi connectivity index (χ4v) is 3.02. The number of rotatable bonds is 9. The van der Waals surface area contributed by atoms with E-state index in [1.54, 1.807) is 54.6 Å². The van der Waals surface area contributed by atoms with Gasteiger partial charge in [-0.1, -0.05) is 17.7 Å². The Labute approximate surface area is 202 Å². The minimum atomic E-state index is -0.549. The maximum Gasteiger partial charge on any atom is 0.343 e. The maximum absolute atomic E-state index is 12.4. The van der Waals surface area contributed by atoms with E-state index in [4.69, 9.17) is 14.2 Å². The van der Waals surface area contributed by atoms with Gasteiger partial charge in [-0.3, -0.25) is 9.59 Å². The van der Waals surface area contributed by atoms with Crippen molar-refractivity contribution < 1.29 is 28.6 Å². The summed E-state index contributed by atoms with van der Waals surface area (Å²) in [5, 5.41) is 6.41. The second kappa shape index (κ2) is 12.0. The van der Waals surface area contributed by atoms with Gasteiger partial charge in [0.25, 0.3) is 11.8 Å². The van der Waals surface area contributed by atoms with Gasteiger partial charge in [0, 0.05) is 5.56 Å². The Morgan fingerprint density at radius 2 is 1.63 bits per heavy atom. The number of hydrogen-bond acceptors (Lipinski definition) is 7. The van der Waals surface area contributed by atoms with E-state index in [-0.39, 0.29) is 12.5 Å². The quantitative estimate of drug-likeness (QED) is 0.213. The van der Waals surface area contributed by atoms with Crippen molar-refractivity contribution in [2.75, 3.05) is 20.8 Å². The molecule has 0 spiro atoms. The molecule has 3 aromatic carbocycles. The number of aryl methyl sites for hydroxylation is 1. The summed E-state index contributed by atoms with van der Waals surface area (Å²) in [4.78, 5) is 36.4. The van der Waals surface area contributed by atoms with Gasteiger partial charge in [0.15, 0.2) is 11.5 Å². The Morgan fingerprint density at radius 3 is 2.31 bits per heavy atom. The molecule has 0 saturated carbocycles. The first-order valence-corrected chi connectivity index (χ1v) is 10.6. The molecule has 0 heterocycles. The van der Waals surface area contributed by atoms with E-state index < -0.39 is 11.9 Å². The number of ether oxygens (including phenoxy) is 3. The molecular weight excluding hydrogens is 450 g/mol. The number of hydrazone groups is 1. The molecule has 35 heavy (non-hydrogen) atoms.